The lowest BCUT2D eigenvalue weighted by Gasteiger charge is -2.16. The molecule has 1 aromatic heterocycles. The van der Waals surface area contributed by atoms with E-state index in [-0.39, 0.29) is 12.5 Å². The van der Waals surface area contributed by atoms with Crippen molar-refractivity contribution < 1.29 is 24.2 Å². The molecule has 10 heteroatoms. The average molecular weight is 437 g/mol. The number of carboxylic acids is 1. The number of benzene rings is 2. The van der Waals surface area contributed by atoms with E-state index in [9.17, 15) is 14.4 Å². The highest BCUT2D eigenvalue weighted by atomic mass is 16.5. The molecular formula is C22H23N5O5. The molecule has 3 rings (SSSR count). The van der Waals surface area contributed by atoms with Gasteiger partial charge in [0.2, 0.25) is 5.82 Å². The van der Waals surface area contributed by atoms with E-state index in [1.54, 1.807) is 69.3 Å². The summed E-state index contributed by atoms with van der Waals surface area (Å²) in [5.74, 6) is -1.17. The van der Waals surface area contributed by atoms with Crippen molar-refractivity contribution in [3.63, 3.8) is 0 Å². The molecule has 0 fully saturated rings. The Hall–Kier alpha value is -4.08. The number of hydrogen-bond donors (Lipinski definition) is 2. The van der Waals surface area contributed by atoms with E-state index in [4.69, 9.17) is 9.84 Å². The lowest BCUT2D eigenvalue weighted by molar-refractivity contribution is -0.143. The van der Waals surface area contributed by atoms with E-state index in [0.29, 0.717) is 28.3 Å². The number of aliphatic carboxylic acids is 1. The molecule has 0 aliphatic rings. The van der Waals surface area contributed by atoms with Crippen LogP contribution in [0.1, 0.15) is 36.7 Å². The van der Waals surface area contributed by atoms with Crippen molar-refractivity contribution in [2.45, 2.75) is 27.3 Å². The minimum absolute atomic E-state index is 0.172. The normalized spacial score (nSPS) is 11.1. The van der Waals surface area contributed by atoms with E-state index in [2.05, 4.69) is 20.7 Å². The molecule has 32 heavy (non-hydrogen) atoms. The van der Waals surface area contributed by atoms with Crippen LogP contribution in [0.5, 0.6) is 5.75 Å². The van der Waals surface area contributed by atoms with Crippen LogP contribution in [0.15, 0.2) is 48.5 Å². The third-order valence-electron chi connectivity index (χ3n) is 4.36. The maximum absolute atomic E-state index is 12.3. The number of aromatic nitrogens is 4. The van der Waals surface area contributed by atoms with Gasteiger partial charge < -0.3 is 15.2 Å². The minimum atomic E-state index is -1.13. The number of carbonyl (C=O) groups is 3. The Morgan fingerprint density at radius 1 is 1.06 bits per heavy atom. The van der Waals surface area contributed by atoms with Crippen LogP contribution in [0, 0.1) is 5.41 Å². The number of esters is 1. The molecule has 0 unspecified atom stereocenters. The Morgan fingerprint density at radius 2 is 1.75 bits per heavy atom. The van der Waals surface area contributed by atoms with Crippen LogP contribution in [0.2, 0.25) is 0 Å². The smallest absolute Gasteiger partial charge is 0.322 e. The van der Waals surface area contributed by atoms with Gasteiger partial charge in [-0.25, -0.2) is 0 Å². The van der Waals surface area contributed by atoms with E-state index >= 15 is 0 Å². The molecule has 0 radical (unpaired) electrons. The maximum atomic E-state index is 12.3. The Bertz CT molecular complexity index is 1130. The largest absolute Gasteiger partial charge is 0.480 e. The number of ether oxygens (including phenoxy) is 1. The minimum Gasteiger partial charge on any atom is -0.480 e. The van der Waals surface area contributed by atoms with E-state index < -0.39 is 23.8 Å². The third-order valence-corrected chi connectivity index (χ3v) is 4.36. The van der Waals surface area contributed by atoms with E-state index in [0.717, 1.165) is 0 Å². The van der Waals surface area contributed by atoms with Gasteiger partial charge in [-0.3, -0.25) is 14.4 Å². The van der Waals surface area contributed by atoms with Crippen molar-refractivity contribution in [1.82, 2.24) is 25.5 Å². The van der Waals surface area contributed by atoms with Crippen molar-refractivity contribution in [3.8, 4) is 17.1 Å². The highest BCUT2D eigenvalue weighted by Crippen LogP contribution is 2.22. The standard InChI is InChI=1S/C22H23N5O5/c1-22(2,3)21(31)32-16-10-8-14(9-11-16)19-24-26-27(25-19)13-15-6-4-5-7-17(15)20(30)23-12-18(28)29/h4-11H,12-13H2,1-3H3,(H,23,30)(H,28,29). The van der Waals surface area contributed by atoms with Gasteiger partial charge in [0, 0.05) is 11.1 Å². The fourth-order valence-corrected chi connectivity index (χ4v) is 2.64. The molecule has 0 bridgehead atoms. The van der Waals surface area contributed by atoms with Crippen molar-refractivity contribution in [2.24, 2.45) is 5.41 Å². The second-order valence-electron chi connectivity index (χ2n) is 8.04. The summed E-state index contributed by atoms with van der Waals surface area (Å²) in [4.78, 5) is 36.3. The topological polar surface area (TPSA) is 136 Å². The molecule has 1 heterocycles. The molecule has 0 atom stereocenters. The molecule has 1 amide bonds. The Kier molecular flexibility index (Phi) is 6.62. The highest BCUT2D eigenvalue weighted by Gasteiger charge is 2.23. The summed E-state index contributed by atoms with van der Waals surface area (Å²) in [5, 5.41) is 23.5. The van der Waals surface area contributed by atoms with Gasteiger partial charge in [-0.2, -0.15) is 4.80 Å². The summed E-state index contributed by atoms with van der Waals surface area (Å²) in [7, 11) is 0. The molecule has 0 aliphatic carbocycles. The zero-order chi connectivity index (χ0) is 23.3. The number of nitrogens with zero attached hydrogens (tertiary/aromatic N) is 4. The van der Waals surface area contributed by atoms with E-state index in [1.807, 2.05) is 0 Å². The van der Waals surface area contributed by atoms with Gasteiger partial charge in [-0.05, 0) is 61.9 Å². The molecule has 2 aromatic carbocycles. The van der Waals surface area contributed by atoms with Crippen LogP contribution in [-0.2, 0) is 16.1 Å². The molecule has 0 aliphatic heterocycles. The molecule has 0 saturated carbocycles. The van der Waals surface area contributed by atoms with Crippen LogP contribution in [0.25, 0.3) is 11.4 Å². The predicted octanol–water partition coefficient (Wildman–Crippen LogP) is 2.15. The van der Waals surface area contributed by atoms with Gasteiger partial charge in [0.1, 0.15) is 12.3 Å². The maximum Gasteiger partial charge on any atom is 0.322 e. The molecule has 10 nitrogen and oxygen atoms in total. The van der Waals surface area contributed by atoms with Gasteiger partial charge in [0.05, 0.1) is 12.0 Å². The zero-order valence-corrected chi connectivity index (χ0v) is 17.9. The second kappa shape index (κ2) is 9.38. The van der Waals surface area contributed by atoms with Gasteiger partial charge in [0.15, 0.2) is 0 Å². The number of nitrogens with one attached hydrogen (secondary N) is 1. The summed E-state index contributed by atoms with van der Waals surface area (Å²) in [5.41, 5.74) is 1.02. The van der Waals surface area contributed by atoms with Crippen molar-refractivity contribution >= 4 is 17.8 Å². The van der Waals surface area contributed by atoms with Crippen molar-refractivity contribution in [1.29, 1.82) is 0 Å². The summed E-state index contributed by atoms with van der Waals surface area (Å²) < 4.78 is 5.35. The zero-order valence-electron chi connectivity index (χ0n) is 17.9. The lowest BCUT2D eigenvalue weighted by Crippen LogP contribution is -2.30. The van der Waals surface area contributed by atoms with Crippen LogP contribution in [0.3, 0.4) is 0 Å². The molecular weight excluding hydrogens is 414 g/mol. The number of carbonyl (C=O) groups excluding carboxylic acids is 2. The fourth-order valence-electron chi connectivity index (χ4n) is 2.64. The third kappa shape index (κ3) is 5.75. The Balaban J connectivity index is 1.71. The molecule has 2 N–H and O–H groups in total. The van der Waals surface area contributed by atoms with Crippen molar-refractivity contribution in [3.05, 3.63) is 59.7 Å². The second-order valence-corrected chi connectivity index (χ2v) is 8.04. The first-order chi connectivity index (χ1) is 15.1. The number of rotatable bonds is 7. The molecule has 0 spiro atoms. The Labute approximate surface area is 184 Å². The summed E-state index contributed by atoms with van der Waals surface area (Å²) in [6, 6.07) is 13.5. The highest BCUT2D eigenvalue weighted by molar-refractivity contribution is 5.97. The quantitative estimate of drug-likeness (QED) is 0.424. The van der Waals surface area contributed by atoms with Crippen LogP contribution in [0.4, 0.5) is 0 Å². The Morgan fingerprint density at radius 3 is 2.41 bits per heavy atom. The van der Waals surface area contributed by atoms with Gasteiger partial charge in [-0.15, -0.1) is 10.2 Å². The SMILES string of the molecule is CC(C)(C)C(=O)Oc1ccc(-c2nnn(Cc3ccccc3C(=O)NCC(=O)O)n2)cc1. The summed E-state index contributed by atoms with van der Waals surface area (Å²) in [6.07, 6.45) is 0. The van der Waals surface area contributed by atoms with Gasteiger partial charge in [-0.1, -0.05) is 18.2 Å². The summed E-state index contributed by atoms with van der Waals surface area (Å²) in [6.45, 7) is 5.03. The number of carboxylic acid groups (broad SMARTS) is 1. The number of hydrogen-bond acceptors (Lipinski definition) is 7. The summed E-state index contributed by atoms with van der Waals surface area (Å²) >= 11 is 0. The predicted molar refractivity (Wildman–Crippen MR) is 114 cm³/mol. The fraction of sp³-hybridized carbons (Fsp3) is 0.273. The monoisotopic (exact) mass is 437 g/mol. The van der Waals surface area contributed by atoms with Gasteiger partial charge >= 0.3 is 11.9 Å². The van der Waals surface area contributed by atoms with Gasteiger partial charge in [0.25, 0.3) is 5.91 Å². The molecule has 166 valence electrons. The first-order valence-electron chi connectivity index (χ1n) is 9.82. The van der Waals surface area contributed by atoms with Crippen LogP contribution in [-0.4, -0.2) is 49.7 Å². The first-order valence-corrected chi connectivity index (χ1v) is 9.82. The number of amides is 1. The molecule has 3 aromatic rings. The van der Waals surface area contributed by atoms with Crippen LogP contribution >= 0.6 is 0 Å². The first kappa shape index (κ1) is 22.6. The lowest BCUT2D eigenvalue weighted by atomic mass is 9.97. The van der Waals surface area contributed by atoms with E-state index in [1.165, 1.54) is 4.80 Å². The van der Waals surface area contributed by atoms with Crippen LogP contribution < -0.4 is 10.1 Å². The number of tetrazole rings is 1. The average Bonchev–Trinajstić information content (AvgIpc) is 3.20. The van der Waals surface area contributed by atoms with Crippen molar-refractivity contribution in [2.75, 3.05) is 6.54 Å². The molecule has 0 saturated heterocycles.